The lowest BCUT2D eigenvalue weighted by molar-refractivity contribution is 1.07. The topological polar surface area (TPSA) is 38.9 Å². The second kappa shape index (κ2) is 5.11. The molecule has 3 rings (SSSR count). The van der Waals surface area contributed by atoms with E-state index in [0.29, 0.717) is 6.54 Å². The van der Waals surface area contributed by atoms with Crippen molar-refractivity contribution in [1.82, 2.24) is 4.98 Å². The van der Waals surface area contributed by atoms with E-state index < -0.39 is 0 Å². The van der Waals surface area contributed by atoms with Crippen LogP contribution >= 0.6 is 15.9 Å². The lowest BCUT2D eigenvalue weighted by atomic mass is 10.0. The third-order valence-electron chi connectivity index (χ3n) is 3.17. The van der Waals surface area contributed by atoms with Crippen LogP contribution in [-0.2, 0) is 6.54 Å². The number of halogens is 1. The van der Waals surface area contributed by atoms with E-state index in [1.54, 1.807) is 0 Å². The minimum Gasteiger partial charge on any atom is -0.326 e. The van der Waals surface area contributed by atoms with E-state index in [4.69, 9.17) is 5.73 Å². The summed E-state index contributed by atoms with van der Waals surface area (Å²) in [7, 11) is 0. The van der Waals surface area contributed by atoms with E-state index >= 15 is 0 Å². The van der Waals surface area contributed by atoms with Crippen molar-refractivity contribution in [3.05, 3.63) is 64.8 Å². The molecule has 0 fully saturated rings. The van der Waals surface area contributed by atoms with Gasteiger partial charge in [0.25, 0.3) is 0 Å². The van der Waals surface area contributed by atoms with Crippen LogP contribution in [0.1, 0.15) is 5.56 Å². The molecule has 1 heterocycles. The van der Waals surface area contributed by atoms with E-state index in [0.717, 1.165) is 26.8 Å². The summed E-state index contributed by atoms with van der Waals surface area (Å²) in [4.78, 5) is 4.61. The summed E-state index contributed by atoms with van der Waals surface area (Å²) in [5.74, 6) is 0. The summed E-state index contributed by atoms with van der Waals surface area (Å²) < 4.78 is 0.851. The molecular formula is C16H13BrN2. The lowest BCUT2D eigenvalue weighted by Gasteiger charge is -2.07. The maximum absolute atomic E-state index is 5.63. The molecule has 0 saturated heterocycles. The average Bonchev–Trinajstić information content (AvgIpc) is 2.46. The molecule has 2 nitrogen and oxygen atoms in total. The first kappa shape index (κ1) is 12.3. The van der Waals surface area contributed by atoms with Crippen molar-refractivity contribution in [2.45, 2.75) is 6.54 Å². The van der Waals surface area contributed by atoms with Crippen LogP contribution in [-0.4, -0.2) is 4.98 Å². The molecule has 0 unspecified atom stereocenters. The highest BCUT2D eigenvalue weighted by molar-refractivity contribution is 9.10. The monoisotopic (exact) mass is 312 g/mol. The van der Waals surface area contributed by atoms with E-state index in [1.807, 2.05) is 30.3 Å². The van der Waals surface area contributed by atoms with Gasteiger partial charge in [0, 0.05) is 17.5 Å². The second-order valence-corrected chi connectivity index (χ2v) is 5.23. The fourth-order valence-corrected chi connectivity index (χ4v) is 2.61. The van der Waals surface area contributed by atoms with Crippen LogP contribution in [0.2, 0.25) is 0 Å². The second-order valence-electron chi connectivity index (χ2n) is 4.42. The van der Waals surface area contributed by atoms with E-state index in [-0.39, 0.29) is 0 Å². The molecule has 0 aliphatic rings. The van der Waals surface area contributed by atoms with Gasteiger partial charge in [0.2, 0.25) is 0 Å². The third kappa shape index (κ3) is 2.39. The van der Waals surface area contributed by atoms with Gasteiger partial charge in [0.05, 0.1) is 5.69 Å². The highest BCUT2D eigenvalue weighted by Crippen LogP contribution is 2.29. The molecule has 19 heavy (non-hydrogen) atoms. The molecule has 94 valence electrons. The Hall–Kier alpha value is -1.71. The first-order valence-corrected chi connectivity index (χ1v) is 6.92. The normalized spacial score (nSPS) is 10.8. The van der Waals surface area contributed by atoms with Crippen molar-refractivity contribution in [2.24, 2.45) is 5.73 Å². The van der Waals surface area contributed by atoms with Gasteiger partial charge in [-0.2, -0.15) is 0 Å². The summed E-state index contributed by atoms with van der Waals surface area (Å²) in [5, 5.41) is 2.34. The first-order valence-electron chi connectivity index (χ1n) is 6.12. The zero-order chi connectivity index (χ0) is 13.2. The molecule has 1 aromatic heterocycles. The maximum Gasteiger partial charge on any atom is 0.107 e. The van der Waals surface area contributed by atoms with Gasteiger partial charge in [0.1, 0.15) is 4.60 Å². The van der Waals surface area contributed by atoms with Gasteiger partial charge in [-0.15, -0.1) is 0 Å². The standard InChI is InChI=1S/C16H13BrN2/c17-15-9-13-3-1-2-4-14(13)16(19-15)12-7-5-11(10-18)6-8-12/h1-9H,10,18H2. The first-order chi connectivity index (χ1) is 9.28. The number of fused-ring (bicyclic) bond motifs is 1. The number of nitrogens with two attached hydrogens (primary N) is 1. The molecule has 0 aliphatic carbocycles. The molecule has 0 spiro atoms. The highest BCUT2D eigenvalue weighted by atomic mass is 79.9. The average molecular weight is 313 g/mol. The summed E-state index contributed by atoms with van der Waals surface area (Å²) in [5.41, 5.74) is 8.86. The molecule has 0 saturated carbocycles. The molecule has 0 bridgehead atoms. The Kier molecular flexibility index (Phi) is 3.32. The van der Waals surface area contributed by atoms with Crippen molar-refractivity contribution in [3.8, 4) is 11.3 Å². The fourth-order valence-electron chi connectivity index (χ4n) is 2.18. The molecular weight excluding hydrogens is 300 g/mol. The number of aromatic nitrogens is 1. The third-order valence-corrected chi connectivity index (χ3v) is 3.58. The van der Waals surface area contributed by atoms with E-state index in [2.05, 4.69) is 45.2 Å². The quantitative estimate of drug-likeness (QED) is 0.723. The van der Waals surface area contributed by atoms with Crippen LogP contribution in [0.3, 0.4) is 0 Å². The van der Waals surface area contributed by atoms with Gasteiger partial charge in [-0.05, 0) is 32.9 Å². The SMILES string of the molecule is NCc1ccc(-c2nc(Br)cc3ccccc23)cc1. The van der Waals surface area contributed by atoms with Crippen molar-refractivity contribution in [1.29, 1.82) is 0 Å². The van der Waals surface area contributed by atoms with Crippen molar-refractivity contribution < 1.29 is 0 Å². The molecule has 0 radical (unpaired) electrons. The molecule has 2 aromatic carbocycles. The largest absolute Gasteiger partial charge is 0.326 e. The molecule has 0 aliphatic heterocycles. The minimum absolute atomic E-state index is 0.562. The van der Waals surface area contributed by atoms with E-state index in [1.165, 1.54) is 5.39 Å². The Morgan fingerprint density at radius 3 is 2.47 bits per heavy atom. The van der Waals surface area contributed by atoms with Gasteiger partial charge < -0.3 is 5.73 Å². The van der Waals surface area contributed by atoms with Crippen LogP contribution in [0, 0.1) is 0 Å². The van der Waals surface area contributed by atoms with Crippen LogP contribution in [0.25, 0.3) is 22.0 Å². The van der Waals surface area contributed by atoms with Gasteiger partial charge in [0.15, 0.2) is 0 Å². The summed E-state index contributed by atoms with van der Waals surface area (Å²) >= 11 is 3.48. The Balaban J connectivity index is 2.22. The smallest absolute Gasteiger partial charge is 0.107 e. The summed E-state index contributed by atoms with van der Waals surface area (Å²) in [6.45, 7) is 0.562. The lowest BCUT2D eigenvalue weighted by Crippen LogP contribution is -1.95. The zero-order valence-corrected chi connectivity index (χ0v) is 11.9. The molecule has 2 N–H and O–H groups in total. The van der Waals surface area contributed by atoms with Gasteiger partial charge in [-0.1, -0.05) is 48.5 Å². The Labute approximate surface area is 120 Å². The fraction of sp³-hybridized carbons (Fsp3) is 0.0625. The van der Waals surface area contributed by atoms with Gasteiger partial charge in [-0.25, -0.2) is 4.98 Å². The Morgan fingerprint density at radius 2 is 1.74 bits per heavy atom. The predicted octanol–water partition coefficient (Wildman–Crippen LogP) is 4.12. The number of hydrogen-bond acceptors (Lipinski definition) is 2. The van der Waals surface area contributed by atoms with Crippen LogP contribution < -0.4 is 5.73 Å². The predicted molar refractivity (Wildman–Crippen MR) is 82.8 cm³/mol. The molecule has 3 heteroatoms. The summed E-state index contributed by atoms with van der Waals surface area (Å²) in [6.07, 6.45) is 0. The van der Waals surface area contributed by atoms with Crippen LogP contribution in [0.4, 0.5) is 0 Å². The van der Waals surface area contributed by atoms with Gasteiger partial charge in [-0.3, -0.25) is 0 Å². The van der Waals surface area contributed by atoms with Crippen molar-refractivity contribution in [3.63, 3.8) is 0 Å². The molecule has 3 aromatic rings. The summed E-state index contributed by atoms with van der Waals surface area (Å²) in [6, 6.07) is 18.5. The zero-order valence-electron chi connectivity index (χ0n) is 10.3. The van der Waals surface area contributed by atoms with Crippen LogP contribution in [0.15, 0.2) is 59.2 Å². The Morgan fingerprint density at radius 1 is 1.00 bits per heavy atom. The van der Waals surface area contributed by atoms with Crippen molar-refractivity contribution in [2.75, 3.05) is 0 Å². The molecule has 0 atom stereocenters. The highest BCUT2D eigenvalue weighted by Gasteiger charge is 2.07. The number of benzene rings is 2. The Bertz CT molecular complexity index is 720. The number of pyridine rings is 1. The van der Waals surface area contributed by atoms with Crippen molar-refractivity contribution >= 4 is 26.7 Å². The minimum atomic E-state index is 0.562. The van der Waals surface area contributed by atoms with Crippen LogP contribution in [0.5, 0.6) is 0 Å². The molecule has 0 amide bonds. The number of nitrogens with zero attached hydrogens (tertiary/aromatic N) is 1. The number of rotatable bonds is 2. The van der Waals surface area contributed by atoms with Gasteiger partial charge >= 0.3 is 0 Å². The number of hydrogen-bond donors (Lipinski definition) is 1. The van der Waals surface area contributed by atoms with E-state index in [9.17, 15) is 0 Å². The maximum atomic E-state index is 5.63.